The molecule has 1 heterocycles. The van der Waals surface area contributed by atoms with Crippen LogP contribution in [0.15, 0.2) is 24.5 Å². The smallest absolute Gasteiger partial charge is 0.253 e. The van der Waals surface area contributed by atoms with E-state index in [1.54, 1.807) is 29.4 Å². The number of hydrogen-bond acceptors (Lipinski definition) is 4. The van der Waals surface area contributed by atoms with E-state index >= 15 is 0 Å². The molecule has 1 rings (SSSR count). The summed E-state index contributed by atoms with van der Waals surface area (Å²) in [7, 11) is 0. The van der Waals surface area contributed by atoms with Gasteiger partial charge in [-0.2, -0.15) is 0 Å². The first-order chi connectivity index (χ1) is 10.0. The minimum absolute atomic E-state index is 0.0294. The summed E-state index contributed by atoms with van der Waals surface area (Å²) in [6.07, 6.45) is 4.73. The van der Waals surface area contributed by atoms with Gasteiger partial charge in [0.2, 0.25) is 0 Å². The average Bonchev–Trinajstić information content (AvgIpc) is 2.46. The van der Waals surface area contributed by atoms with Crippen molar-refractivity contribution < 1.29 is 9.53 Å². The maximum atomic E-state index is 12.5. The van der Waals surface area contributed by atoms with Gasteiger partial charge in [-0.15, -0.1) is 0 Å². The van der Waals surface area contributed by atoms with Crippen LogP contribution in [0, 0.1) is 0 Å². The Balaban J connectivity index is 2.59. The number of carbonyl (C=O) groups excluding carboxylic acids is 1. The van der Waals surface area contributed by atoms with Crippen LogP contribution in [0.1, 0.15) is 37.0 Å². The number of hydrogen-bond donors (Lipinski definition) is 1. The second kappa shape index (κ2) is 9.41. The first-order valence-corrected chi connectivity index (χ1v) is 7.50. The van der Waals surface area contributed by atoms with E-state index in [1.807, 2.05) is 13.8 Å². The highest BCUT2D eigenvalue weighted by atomic mass is 32.1. The SMILES string of the molecule is CC(C)OCCCN(CCC(N)=S)C(=O)c1ccncc1. The fourth-order valence-electron chi connectivity index (χ4n) is 1.81. The summed E-state index contributed by atoms with van der Waals surface area (Å²) in [5, 5.41) is 0. The molecule has 1 aromatic rings. The molecule has 0 spiro atoms. The van der Waals surface area contributed by atoms with Crippen LogP contribution in [-0.2, 0) is 4.74 Å². The summed E-state index contributed by atoms with van der Waals surface area (Å²) in [5.74, 6) is -0.0294. The molecule has 21 heavy (non-hydrogen) atoms. The number of amides is 1. The standard InChI is InChI=1S/C15H23N3O2S/c1-12(2)20-11-3-9-18(10-6-14(16)21)15(19)13-4-7-17-8-5-13/h4-5,7-8,12H,3,6,9-11H2,1-2H3,(H2,16,21). The fraction of sp³-hybridized carbons (Fsp3) is 0.533. The van der Waals surface area contributed by atoms with Crippen molar-refractivity contribution in [2.24, 2.45) is 5.73 Å². The summed E-state index contributed by atoms with van der Waals surface area (Å²) in [6.45, 7) is 5.76. The predicted molar refractivity (Wildman–Crippen MR) is 87.2 cm³/mol. The van der Waals surface area contributed by atoms with Crippen LogP contribution in [0.5, 0.6) is 0 Å². The summed E-state index contributed by atoms with van der Waals surface area (Å²) in [5.41, 5.74) is 6.16. The van der Waals surface area contributed by atoms with Crippen LogP contribution in [0.3, 0.4) is 0 Å². The van der Waals surface area contributed by atoms with E-state index in [-0.39, 0.29) is 12.0 Å². The van der Waals surface area contributed by atoms with Gasteiger partial charge in [0, 0.05) is 44.1 Å². The van der Waals surface area contributed by atoms with Crippen molar-refractivity contribution in [2.75, 3.05) is 19.7 Å². The normalized spacial score (nSPS) is 10.6. The number of rotatable bonds is 9. The van der Waals surface area contributed by atoms with E-state index in [2.05, 4.69) is 4.98 Å². The highest BCUT2D eigenvalue weighted by molar-refractivity contribution is 7.80. The number of thiocarbonyl (C=S) groups is 1. The van der Waals surface area contributed by atoms with Gasteiger partial charge in [-0.3, -0.25) is 9.78 Å². The molecule has 0 aliphatic heterocycles. The Morgan fingerprint density at radius 2 is 2.05 bits per heavy atom. The zero-order chi connectivity index (χ0) is 15.7. The van der Waals surface area contributed by atoms with Gasteiger partial charge in [-0.05, 0) is 32.4 Å². The molecule has 1 amide bonds. The van der Waals surface area contributed by atoms with Gasteiger partial charge < -0.3 is 15.4 Å². The van der Waals surface area contributed by atoms with Crippen LogP contribution in [0.25, 0.3) is 0 Å². The first kappa shape index (κ1) is 17.5. The Hall–Kier alpha value is -1.53. The molecule has 0 saturated carbocycles. The Morgan fingerprint density at radius 1 is 1.38 bits per heavy atom. The third kappa shape index (κ3) is 7.15. The lowest BCUT2D eigenvalue weighted by atomic mass is 10.2. The zero-order valence-corrected chi connectivity index (χ0v) is 13.4. The molecule has 5 nitrogen and oxygen atoms in total. The molecular weight excluding hydrogens is 286 g/mol. The van der Waals surface area contributed by atoms with Gasteiger partial charge in [-0.25, -0.2) is 0 Å². The molecular formula is C15H23N3O2S. The summed E-state index contributed by atoms with van der Waals surface area (Å²) in [4.78, 5) is 18.6. The quantitative estimate of drug-likeness (QED) is 0.558. The lowest BCUT2D eigenvalue weighted by molar-refractivity contribution is 0.0621. The third-order valence-corrected chi connectivity index (χ3v) is 3.07. The molecule has 0 aliphatic carbocycles. The number of pyridine rings is 1. The summed E-state index contributed by atoms with van der Waals surface area (Å²) < 4.78 is 5.50. The molecule has 116 valence electrons. The van der Waals surface area contributed by atoms with E-state index in [0.717, 1.165) is 6.42 Å². The Morgan fingerprint density at radius 3 is 2.62 bits per heavy atom. The van der Waals surface area contributed by atoms with Crippen molar-refractivity contribution in [1.82, 2.24) is 9.88 Å². The fourth-order valence-corrected chi connectivity index (χ4v) is 1.90. The first-order valence-electron chi connectivity index (χ1n) is 7.10. The van der Waals surface area contributed by atoms with Crippen molar-refractivity contribution in [3.8, 4) is 0 Å². The molecule has 1 aromatic heterocycles. The summed E-state index contributed by atoms with van der Waals surface area (Å²) >= 11 is 4.89. The van der Waals surface area contributed by atoms with Crippen LogP contribution < -0.4 is 5.73 Å². The minimum Gasteiger partial charge on any atom is -0.393 e. The Labute approximate surface area is 131 Å². The van der Waals surface area contributed by atoms with E-state index in [4.69, 9.17) is 22.7 Å². The lowest BCUT2D eigenvalue weighted by Gasteiger charge is -2.23. The topological polar surface area (TPSA) is 68.5 Å². The highest BCUT2D eigenvalue weighted by Gasteiger charge is 2.15. The lowest BCUT2D eigenvalue weighted by Crippen LogP contribution is -2.35. The van der Waals surface area contributed by atoms with Crippen molar-refractivity contribution in [3.05, 3.63) is 30.1 Å². The Kier molecular flexibility index (Phi) is 7.85. The number of ether oxygens (including phenoxy) is 1. The van der Waals surface area contributed by atoms with Crippen LogP contribution >= 0.6 is 12.2 Å². The number of nitrogens with zero attached hydrogens (tertiary/aromatic N) is 2. The maximum absolute atomic E-state index is 12.5. The van der Waals surface area contributed by atoms with E-state index in [1.165, 1.54) is 0 Å². The van der Waals surface area contributed by atoms with Crippen LogP contribution in [0.4, 0.5) is 0 Å². The monoisotopic (exact) mass is 309 g/mol. The summed E-state index contributed by atoms with van der Waals surface area (Å²) in [6, 6.07) is 3.42. The number of aromatic nitrogens is 1. The molecule has 0 aliphatic rings. The van der Waals surface area contributed by atoms with E-state index in [9.17, 15) is 4.79 Å². The number of nitrogens with two attached hydrogens (primary N) is 1. The van der Waals surface area contributed by atoms with Gasteiger partial charge in [-0.1, -0.05) is 12.2 Å². The second-order valence-corrected chi connectivity index (χ2v) is 5.54. The van der Waals surface area contributed by atoms with Crippen molar-refractivity contribution in [2.45, 2.75) is 32.8 Å². The molecule has 2 N–H and O–H groups in total. The average molecular weight is 309 g/mol. The molecule has 0 aromatic carbocycles. The van der Waals surface area contributed by atoms with Crippen molar-refractivity contribution in [3.63, 3.8) is 0 Å². The minimum atomic E-state index is -0.0294. The van der Waals surface area contributed by atoms with E-state index < -0.39 is 0 Å². The van der Waals surface area contributed by atoms with Gasteiger partial charge >= 0.3 is 0 Å². The van der Waals surface area contributed by atoms with Gasteiger partial charge in [0.1, 0.15) is 0 Å². The Bertz CT molecular complexity index is 451. The van der Waals surface area contributed by atoms with Crippen LogP contribution in [0.2, 0.25) is 0 Å². The second-order valence-electron chi connectivity index (χ2n) is 5.02. The molecule has 0 unspecified atom stereocenters. The molecule has 0 radical (unpaired) electrons. The zero-order valence-electron chi connectivity index (χ0n) is 12.6. The van der Waals surface area contributed by atoms with Crippen molar-refractivity contribution >= 4 is 23.1 Å². The maximum Gasteiger partial charge on any atom is 0.253 e. The molecule has 6 heteroatoms. The largest absolute Gasteiger partial charge is 0.393 e. The molecule has 0 atom stereocenters. The predicted octanol–water partition coefficient (Wildman–Crippen LogP) is 2.02. The molecule has 0 saturated heterocycles. The van der Waals surface area contributed by atoms with Gasteiger partial charge in [0.25, 0.3) is 5.91 Å². The van der Waals surface area contributed by atoms with Crippen LogP contribution in [-0.4, -0.2) is 46.6 Å². The van der Waals surface area contributed by atoms with Crippen molar-refractivity contribution in [1.29, 1.82) is 0 Å². The van der Waals surface area contributed by atoms with Gasteiger partial charge in [0.05, 0.1) is 11.1 Å². The highest BCUT2D eigenvalue weighted by Crippen LogP contribution is 2.06. The third-order valence-electron chi connectivity index (χ3n) is 2.87. The van der Waals surface area contributed by atoms with Gasteiger partial charge in [0.15, 0.2) is 0 Å². The van der Waals surface area contributed by atoms with E-state index in [0.29, 0.717) is 36.7 Å². The molecule has 0 bridgehead atoms. The number of carbonyl (C=O) groups is 1. The molecule has 0 fully saturated rings.